The largest absolute Gasteiger partial charge is 0.381 e. The van der Waals surface area contributed by atoms with Gasteiger partial charge in [0, 0.05) is 18.1 Å². The van der Waals surface area contributed by atoms with Gasteiger partial charge in [-0.25, -0.2) is 0 Å². The maximum absolute atomic E-state index is 5.84. The highest BCUT2D eigenvalue weighted by Crippen LogP contribution is 2.16. The Morgan fingerprint density at radius 2 is 1.74 bits per heavy atom. The monoisotopic (exact) mass is 273 g/mol. The number of alkyl halides is 1. The van der Waals surface area contributed by atoms with Crippen LogP contribution >= 0.6 is 11.6 Å². The number of rotatable bonds is 5. The fourth-order valence-electron chi connectivity index (χ4n) is 1.99. The van der Waals surface area contributed by atoms with Crippen LogP contribution in [0.5, 0.6) is 0 Å². The van der Waals surface area contributed by atoms with Crippen molar-refractivity contribution in [3.05, 3.63) is 65.2 Å². The van der Waals surface area contributed by atoms with Crippen molar-refractivity contribution in [1.29, 1.82) is 0 Å². The van der Waals surface area contributed by atoms with E-state index in [4.69, 9.17) is 11.6 Å². The second-order valence-electron chi connectivity index (χ2n) is 5.08. The van der Waals surface area contributed by atoms with E-state index in [0.717, 1.165) is 17.8 Å². The highest BCUT2D eigenvalue weighted by atomic mass is 35.5. The number of benzene rings is 2. The molecule has 0 saturated heterocycles. The smallest absolute Gasteiger partial charge is 0.0474 e. The van der Waals surface area contributed by atoms with Crippen LogP contribution in [0.3, 0.4) is 0 Å². The third kappa shape index (κ3) is 4.00. The molecule has 0 bridgehead atoms. The van der Waals surface area contributed by atoms with Gasteiger partial charge in [-0.05, 0) is 34.7 Å². The van der Waals surface area contributed by atoms with E-state index in [2.05, 4.69) is 55.6 Å². The van der Waals surface area contributed by atoms with Crippen LogP contribution in [0.4, 0.5) is 5.69 Å². The Labute approximate surface area is 120 Å². The molecular formula is C17H20ClN. The molecular weight excluding hydrogens is 254 g/mol. The Morgan fingerprint density at radius 3 is 2.37 bits per heavy atom. The van der Waals surface area contributed by atoms with Crippen molar-refractivity contribution in [1.82, 2.24) is 0 Å². The van der Waals surface area contributed by atoms with Gasteiger partial charge in [-0.1, -0.05) is 50.2 Å². The molecule has 1 nitrogen and oxygen atoms in total. The van der Waals surface area contributed by atoms with E-state index in [-0.39, 0.29) is 0 Å². The molecule has 2 heteroatoms. The van der Waals surface area contributed by atoms with E-state index in [1.165, 1.54) is 11.1 Å². The molecule has 2 aromatic carbocycles. The third-order valence-electron chi connectivity index (χ3n) is 3.22. The summed E-state index contributed by atoms with van der Waals surface area (Å²) in [5.41, 5.74) is 4.93. The van der Waals surface area contributed by atoms with Gasteiger partial charge in [-0.15, -0.1) is 11.6 Å². The second kappa shape index (κ2) is 6.63. The van der Waals surface area contributed by atoms with Gasteiger partial charge >= 0.3 is 0 Å². The van der Waals surface area contributed by atoms with Gasteiger partial charge in [0.15, 0.2) is 0 Å². The fraction of sp³-hybridized carbons (Fsp3) is 0.294. The summed E-state index contributed by atoms with van der Waals surface area (Å²) < 4.78 is 0. The lowest BCUT2D eigenvalue weighted by Gasteiger charge is -2.09. The highest BCUT2D eigenvalue weighted by Gasteiger charge is 1.99. The van der Waals surface area contributed by atoms with Gasteiger partial charge < -0.3 is 5.32 Å². The topological polar surface area (TPSA) is 12.0 Å². The van der Waals surface area contributed by atoms with Crippen LogP contribution in [0.25, 0.3) is 0 Å². The molecule has 2 rings (SSSR count). The first-order chi connectivity index (χ1) is 9.19. The SMILES string of the molecule is CC(C)c1ccc(CNc2cccc(CCl)c2)cc1. The zero-order valence-corrected chi connectivity index (χ0v) is 12.2. The van der Waals surface area contributed by atoms with Crippen LogP contribution in [0.2, 0.25) is 0 Å². The lowest BCUT2D eigenvalue weighted by Crippen LogP contribution is -2.00. The van der Waals surface area contributed by atoms with Crippen molar-refractivity contribution in [2.24, 2.45) is 0 Å². The Bertz CT molecular complexity index is 517. The van der Waals surface area contributed by atoms with E-state index >= 15 is 0 Å². The Morgan fingerprint density at radius 1 is 1.00 bits per heavy atom. The van der Waals surface area contributed by atoms with Crippen LogP contribution in [-0.2, 0) is 12.4 Å². The van der Waals surface area contributed by atoms with Gasteiger partial charge in [-0.2, -0.15) is 0 Å². The highest BCUT2D eigenvalue weighted by molar-refractivity contribution is 6.17. The van der Waals surface area contributed by atoms with Crippen LogP contribution in [-0.4, -0.2) is 0 Å². The van der Waals surface area contributed by atoms with Crippen molar-refractivity contribution >= 4 is 17.3 Å². The predicted octanol–water partition coefficient (Wildman–Crippen LogP) is 5.16. The Balaban J connectivity index is 1.98. The molecule has 0 unspecified atom stereocenters. The Hall–Kier alpha value is -1.47. The average Bonchev–Trinajstić information content (AvgIpc) is 2.46. The first-order valence-corrected chi connectivity index (χ1v) is 7.20. The zero-order chi connectivity index (χ0) is 13.7. The summed E-state index contributed by atoms with van der Waals surface area (Å²) in [6.45, 7) is 5.26. The van der Waals surface area contributed by atoms with Gasteiger partial charge in [-0.3, -0.25) is 0 Å². The van der Waals surface area contributed by atoms with Gasteiger partial charge in [0.1, 0.15) is 0 Å². The van der Waals surface area contributed by atoms with Gasteiger partial charge in [0.2, 0.25) is 0 Å². The minimum atomic E-state index is 0.554. The number of nitrogens with one attached hydrogen (secondary N) is 1. The van der Waals surface area contributed by atoms with Crippen molar-refractivity contribution < 1.29 is 0 Å². The number of halogens is 1. The molecule has 2 aromatic rings. The van der Waals surface area contributed by atoms with Crippen molar-refractivity contribution in [3.63, 3.8) is 0 Å². The standard InChI is InChI=1S/C17H20ClN/c1-13(2)16-8-6-14(7-9-16)12-19-17-5-3-4-15(10-17)11-18/h3-10,13,19H,11-12H2,1-2H3. The lowest BCUT2D eigenvalue weighted by molar-refractivity contribution is 0.865. The van der Waals surface area contributed by atoms with E-state index in [9.17, 15) is 0 Å². The maximum atomic E-state index is 5.84. The first kappa shape index (κ1) is 14.0. The van der Waals surface area contributed by atoms with Crippen molar-refractivity contribution in [3.8, 4) is 0 Å². The summed E-state index contributed by atoms with van der Waals surface area (Å²) in [6, 6.07) is 17.0. The summed E-state index contributed by atoms with van der Waals surface area (Å²) >= 11 is 5.84. The molecule has 19 heavy (non-hydrogen) atoms. The number of hydrogen-bond donors (Lipinski definition) is 1. The second-order valence-corrected chi connectivity index (χ2v) is 5.35. The minimum absolute atomic E-state index is 0.554. The maximum Gasteiger partial charge on any atom is 0.0474 e. The molecule has 0 atom stereocenters. The number of anilines is 1. The van der Waals surface area contributed by atoms with Gasteiger partial charge in [0.25, 0.3) is 0 Å². The molecule has 0 saturated carbocycles. The minimum Gasteiger partial charge on any atom is -0.381 e. The summed E-state index contributed by atoms with van der Waals surface area (Å²) in [4.78, 5) is 0. The van der Waals surface area contributed by atoms with Crippen LogP contribution in [0, 0.1) is 0 Å². The molecule has 0 aliphatic carbocycles. The third-order valence-corrected chi connectivity index (χ3v) is 3.53. The van der Waals surface area contributed by atoms with E-state index in [0.29, 0.717) is 11.8 Å². The number of hydrogen-bond acceptors (Lipinski definition) is 1. The molecule has 0 aromatic heterocycles. The zero-order valence-electron chi connectivity index (χ0n) is 11.5. The quantitative estimate of drug-likeness (QED) is 0.742. The first-order valence-electron chi connectivity index (χ1n) is 6.66. The Kier molecular flexibility index (Phi) is 4.86. The van der Waals surface area contributed by atoms with E-state index < -0.39 is 0 Å². The predicted molar refractivity (Wildman–Crippen MR) is 83.9 cm³/mol. The molecule has 1 N–H and O–H groups in total. The summed E-state index contributed by atoms with van der Waals surface area (Å²) in [5.74, 6) is 1.14. The van der Waals surface area contributed by atoms with Crippen molar-refractivity contribution in [2.75, 3.05) is 5.32 Å². The fourth-order valence-corrected chi connectivity index (χ4v) is 2.16. The molecule has 0 spiro atoms. The normalized spacial score (nSPS) is 10.7. The lowest BCUT2D eigenvalue weighted by atomic mass is 10.0. The molecule has 0 amide bonds. The molecule has 0 aliphatic heterocycles. The van der Waals surface area contributed by atoms with E-state index in [1.54, 1.807) is 0 Å². The summed E-state index contributed by atoms with van der Waals surface area (Å²) in [5, 5.41) is 3.43. The van der Waals surface area contributed by atoms with E-state index in [1.807, 2.05) is 12.1 Å². The molecule has 100 valence electrons. The molecule has 0 radical (unpaired) electrons. The van der Waals surface area contributed by atoms with Crippen LogP contribution < -0.4 is 5.32 Å². The summed E-state index contributed by atoms with van der Waals surface area (Å²) in [6.07, 6.45) is 0. The molecule has 0 heterocycles. The van der Waals surface area contributed by atoms with Crippen LogP contribution in [0.1, 0.15) is 36.5 Å². The molecule has 0 fully saturated rings. The summed E-state index contributed by atoms with van der Waals surface area (Å²) in [7, 11) is 0. The van der Waals surface area contributed by atoms with Crippen LogP contribution in [0.15, 0.2) is 48.5 Å². The molecule has 0 aliphatic rings. The van der Waals surface area contributed by atoms with Crippen molar-refractivity contribution in [2.45, 2.75) is 32.2 Å². The van der Waals surface area contributed by atoms with Gasteiger partial charge in [0.05, 0.1) is 0 Å². The average molecular weight is 274 g/mol.